The van der Waals surface area contributed by atoms with E-state index < -0.39 is 0 Å². The van der Waals surface area contributed by atoms with E-state index in [1.807, 2.05) is 19.1 Å². The number of anilines is 3. The van der Waals surface area contributed by atoms with E-state index in [9.17, 15) is 4.39 Å². The summed E-state index contributed by atoms with van der Waals surface area (Å²) in [6.07, 6.45) is 8.76. The van der Waals surface area contributed by atoms with Crippen LogP contribution in [0.25, 0.3) is 0 Å². The first-order chi connectivity index (χ1) is 19.2. The van der Waals surface area contributed by atoms with Gasteiger partial charge in [-0.15, -0.1) is 0 Å². The van der Waals surface area contributed by atoms with E-state index in [1.165, 1.54) is 18.9 Å². The maximum Gasteiger partial charge on any atom is 0.250 e. The summed E-state index contributed by atoms with van der Waals surface area (Å²) in [5.41, 5.74) is 4.31. The van der Waals surface area contributed by atoms with Crippen LogP contribution in [0.15, 0.2) is 47.6 Å². The summed E-state index contributed by atoms with van der Waals surface area (Å²) in [6.45, 7) is 6.31. The largest absolute Gasteiger partial charge is 0.490 e. The summed E-state index contributed by atoms with van der Waals surface area (Å²) in [5.74, 6) is 2.65. The molecule has 39 heavy (non-hydrogen) atoms. The van der Waals surface area contributed by atoms with Crippen LogP contribution in [0.3, 0.4) is 0 Å². The van der Waals surface area contributed by atoms with Gasteiger partial charge in [0.2, 0.25) is 17.8 Å². The van der Waals surface area contributed by atoms with Crippen LogP contribution < -0.4 is 24.7 Å². The lowest BCUT2D eigenvalue weighted by molar-refractivity contribution is 0.266. The van der Waals surface area contributed by atoms with Gasteiger partial charge < -0.3 is 19.3 Å². The maximum atomic E-state index is 14.0. The van der Waals surface area contributed by atoms with E-state index in [-0.39, 0.29) is 12.4 Å². The molecule has 0 atom stereocenters. The van der Waals surface area contributed by atoms with Crippen LogP contribution >= 0.6 is 0 Å². The number of halogens is 1. The highest BCUT2D eigenvalue weighted by atomic mass is 19.1. The molecule has 0 spiro atoms. The van der Waals surface area contributed by atoms with Gasteiger partial charge in [0.05, 0.1) is 12.8 Å². The molecule has 0 amide bonds. The molecule has 2 aliphatic rings. The van der Waals surface area contributed by atoms with Crippen LogP contribution in [0.5, 0.6) is 11.5 Å². The van der Waals surface area contributed by atoms with Crippen molar-refractivity contribution in [3.05, 3.63) is 59.4 Å². The van der Waals surface area contributed by atoms with E-state index in [4.69, 9.17) is 14.5 Å². The summed E-state index contributed by atoms with van der Waals surface area (Å²) >= 11 is 0. The molecule has 0 saturated carbocycles. The molecule has 2 saturated heterocycles. The van der Waals surface area contributed by atoms with Crippen LogP contribution in [0, 0.1) is 5.82 Å². The number of benzene rings is 2. The van der Waals surface area contributed by atoms with Gasteiger partial charge in [-0.3, -0.25) is 0 Å². The second kappa shape index (κ2) is 13.2. The Bertz CT molecular complexity index is 1220. The molecular formula is C29H36FN7O2. The Morgan fingerprint density at radius 3 is 2.15 bits per heavy atom. The lowest BCUT2D eigenvalue weighted by Gasteiger charge is -2.30. The monoisotopic (exact) mass is 533 g/mol. The molecule has 0 radical (unpaired) electrons. The summed E-state index contributed by atoms with van der Waals surface area (Å²) in [5, 5.41) is 4.41. The fourth-order valence-electron chi connectivity index (χ4n) is 4.80. The molecule has 0 aliphatic carbocycles. The number of nitrogens with one attached hydrogen (secondary N) is 1. The summed E-state index contributed by atoms with van der Waals surface area (Å²) in [4.78, 5) is 18.7. The first-order valence-corrected chi connectivity index (χ1v) is 13.9. The van der Waals surface area contributed by atoms with E-state index in [0.29, 0.717) is 41.5 Å². The second-order valence-corrected chi connectivity index (χ2v) is 9.74. The highest BCUT2D eigenvalue weighted by Crippen LogP contribution is 2.29. The molecule has 10 heteroatoms. The summed E-state index contributed by atoms with van der Waals surface area (Å²) in [6, 6.07) is 12.1. The average Bonchev–Trinajstić information content (AvgIpc) is 2.98. The molecule has 9 nitrogen and oxygen atoms in total. The Hall–Kier alpha value is -3.95. The van der Waals surface area contributed by atoms with Crippen LogP contribution in [0.2, 0.25) is 0 Å². The Morgan fingerprint density at radius 1 is 0.846 bits per heavy atom. The predicted octanol–water partition coefficient (Wildman–Crippen LogP) is 5.42. The van der Waals surface area contributed by atoms with Crippen LogP contribution in [-0.4, -0.2) is 54.0 Å². The minimum atomic E-state index is -0.296. The van der Waals surface area contributed by atoms with Gasteiger partial charge in [-0.25, -0.2) is 9.82 Å². The SMILES string of the molecule is CCOc1cc(/C=N\Nc2nc(N3CCCCC3)nc(N3CCCCC3)n2)ccc1OCc1ccccc1F. The van der Waals surface area contributed by atoms with Crippen LogP contribution in [0.1, 0.15) is 56.6 Å². The molecular weight excluding hydrogens is 497 g/mol. The molecule has 3 aromatic rings. The molecule has 1 N–H and O–H groups in total. The zero-order chi connectivity index (χ0) is 26.9. The summed E-state index contributed by atoms with van der Waals surface area (Å²) in [7, 11) is 0. The number of aromatic nitrogens is 3. The van der Waals surface area contributed by atoms with Gasteiger partial charge in [0.25, 0.3) is 0 Å². The van der Waals surface area contributed by atoms with Crippen molar-refractivity contribution >= 4 is 24.1 Å². The average molecular weight is 534 g/mol. The van der Waals surface area contributed by atoms with Gasteiger partial charge in [-0.1, -0.05) is 18.2 Å². The van der Waals surface area contributed by atoms with Crippen molar-refractivity contribution in [2.45, 2.75) is 52.1 Å². The van der Waals surface area contributed by atoms with E-state index >= 15 is 0 Å². The number of hydrogen-bond donors (Lipinski definition) is 1. The Labute approximate surface area is 229 Å². The highest BCUT2D eigenvalue weighted by molar-refractivity contribution is 5.81. The molecule has 0 unspecified atom stereocenters. The zero-order valence-corrected chi connectivity index (χ0v) is 22.5. The maximum absolute atomic E-state index is 14.0. The molecule has 1 aromatic heterocycles. The van der Waals surface area contributed by atoms with Crippen LogP contribution in [0.4, 0.5) is 22.2 Å². The smallest absolute Gasteiger partial charge is 0.250 e. The number of ether oxygens (including phenoxy) is 2. The van der Waals surface area contributed by atoms with Gasteiger partial charge in [-0.2, -0.15) is 20.1 Å². The number of nitrogens with zero attached hydrogens (tertiary/aromatic N) is 6. The Morgan fingerprint density at radius 2 is 1.51 bits per heavy atom. The van der Waals surface area contributed by atoms with Crippen molar-refractivity contribution in [3.63, 3.8) is 0 Å². The molecule has 2 fully saturated rings. The van der Waals surface area contributed by atoms with Crippen LogP contribution in [-0.2, 0) is 6.61 Å². The Kier molecular flexibility index (Phi) is 9.03. The fourth-order valence-corrected chi connectivity index (χ4v) is 4.80. The number of hydrazone groups is 1. The molecule has 0 bridgehead atoms. The quantitative estimate of drug-likeness (QED) is 0.273. The predicted molar refractivity (Wildman–Crippen MR) is 152 cm³/mol. The molecule has 3 heterocycles. The molecule has 2 aromatic carbocycles. The normalized spacial score (nSPS) is 15.9. The van der Waals surface area contributed by atoms with E-state index in [2.05, 4.69) is 30.3 Å². The van der Waals surface area contributed by atoms with Gasteiger partial charge >= 0.3 is 0 Å². The lowest BCUT2D eigenvalue weighted by atomic mass is 10.1. The van der Waals surface area contributed by atoms with Gasteiger partial charge in [0.15, 0.2) is 11.5 Å². The third kappa shape index (κ3) is 7.13. The van der Waals surface area contributed by atoms with E-state index in [0.717, 1.165) is 57.4 Å². The first-order valence-electron chi connectivity index (χ1n) is 13.9. The van der Waals surface area contributed by atoms with Crippen molar-refractivity contribution in [1.29, 1.82) is 0 Å². The lowest BCUT2D eigenvalue weighted by Crippen LogP contribution is -2.34. The van der Waals surface area contributed by atoms with Gasteiger partial charge in [-0.05, 0) is 75.3 Å². The third-order valence-electron chi connectivity index (χ3n) is 6.88. The third-order valence-corrected chi connectivity index (χ3v) is 6.88. The molecule has 206 valence electrons. The standard InChI is InChI=1S/C29H36FN7O2/c1-2-38-26-19-22(13-14-25(26)39-21-23-11-5-6-12-24(23)30)20-31-35-27-32-28(36-15-7-3-8-16-36)34-29(33-27)37-17-9-4-10-18-37/h5-6,11-14,19-20H,2-4,7-10,15-18,21H2,1H3,(H,32,33,34,35)/b31-20-. The van der Waals surface area contributed by atoms with E-state index in [1.54, 1.807) is 30.5 Å². The molecule has 2 aliphatic heterocycles. The van der Waals surface area contributed by atoms with Crippen molar-refractivity contribution in [3.8, 4) is 11.5 Å². The van der Waals surface area contributed by atoms with Crippen molar-refractivity contribution < 1.29 is 13.9 Å². The van der Waals surface area contributed by atoms with Crippen molar-refractivity contribution in [2.24, 2.45) is 5.10 Å². The van der Waals surface area contributed by atoms with Gasteiger partial charge in [0, 0.05) is 31.7 Å². The summed E-state index contributed by atoms with van der Waals surface area (Å²) < 4.78 is 25.6. The van der Waals surface area contributed by atoms with Crippen molar-refractivity contribution in [2.75, 3.05) is 48.0 Å². The zero-order valence-electron chi connectivity index (χ0n) is 22.5. The minimum Gasteiger partial charge on any atom is -0.490 e. The topological polar surface area (TPSA) is 88.0 Å². The number of piperidine rings is 2. The Balaban J connectivity index is 1.30. The van der Waals surface area contributed by atoms with Gasteiger partial charge in [0.1, 0.15) is 12.4 Å². The highest BCUT2D eigenvalue weighted by Gasteiger charge is 2.20. The first kappa shape index (κ1) is 26.6. The van der Waals surface area contributed by atoms with Crippen molar-refractivity contribution in [1.82, 2.24) is 15.0 Å². The number of rotatable bonds is 10. The minimum absolute atomic E-state index is 0.111. The number of hydrogen-bond acceptors (Lipinski definition) is 9. The fraction of sp³-hybridized carbons (Fsp3) is 0.448. The second-order valence-electron chi connectivity index (χ2n) is 9.74. The molecule has 5 rings (SSSR count).